The van der Waals surface area contributed by atoms with Crippen molar-refractivity contribution in [1.82, 2.24) is 4.98 Å². The lowest BCUT2D eigenvalue weighted by atomic mass is 10.1. The molecule has 1 fully saturated rings. The number of hydrogen-bond donors (Lipinski definition) is 1. The van der Waals surface area contributed by atoms with Crippen LogP contribution in [0.1, 0.15) is 25.7 Å². The molecule has 1 N–H and O–H groups in total. The van der Waals surface area contributed by atoms with Crippen molar-refractivity contribution in [3.05, 3.63) is 24.4 Å². The Morgan fingerprint density at radius 3 is 2.67 bits per heavy atom. The average Bonchev–Trinajstić information content (AvgIpc) is 3.34. The first kappa shape index (κ1) is 14.0. The van der Waals surface area contributed by atoms with Crippen molar-refractivity contribution >= 4 is 16.6 Å². The van der Waals surface area contributed by atoms with Crippen molar-refractivity contribution in [2.75, 3.05) is 26.1 Å². The van der Waals surface area contributed by atoms with Crippen LogP contribution in [0.15, 0.2) is 24.4 Å². The maximum atomic E-state index is 5.38. The lowest BCUT2D eigenvalue weighted by Crippen LogP contribution is -2.04. The van der Waals surface area contributed by atoms with Crippen LogP contribution in [0.2, 0.25) is 0 Å². The molecule has 4 heteroatoms. The first-order valence-corrected chi connectivity index (χ1v) is 7.56. The summed E-state index contributed by atoms with van der Waals surface area (Å²) in [5, 5.41) is 5.63. The zero-order valence-electron chi connectivity index (χ0n) is 12.7. The Morgan fingerprint density at radius 1 is 1.19 bits per heavy atom. The minimum absolute atomic E-state index is 0.735. The summed E-state index contributed by atoms with van der Waals surface area (Å²) in [4.78, 5) is 4.46. The van der Waals surface area contributed by atoms with Crippen molar-refractivity contribution in [2.45, 2.75) is 25.7 Å². The van der Waals surface area contributed by atoms with E-state index in [1.54, 1.807) is 14.2 Å². The van der Waals surface area contributed by atoms with Crippen molar-refractivity contribution < 1.29 is 9.47 Å². The quantitative estimate of drug-likeness (QED) is 0.785. The minimum Gasteiger partial charge on any atom is -0.493 e. The Morgan fingerprint density at radius 2 is 1.95 bits per heavy atom. The van der Waals surface area contributed by atoms with Crippen LogP contribution in [0.4, 0.5) is 5.82 Å². The molecule has 112 valence electrons. The summed E-state index contributed by atoms with van der Waals surface area (Å²) in [5.74, 6) is 3.38. The molecule has 0 bridgehead atoms. The summed E-state index contributed by atoms with van der Waals surface area (Å²) in [6.07, 6.45) is 7.20. The van der Waals surface area contributed by atoms with Crippen LogP contribution in [0.5, 0.6) is 11.5 Å². The molecule has 21 heavy (non-hydrogen) atoms. The zero-order valence-corrected chi connectivity index (χ0v) is 12.7. The topological polar surface area (TPSA) is 43.4 Å². The van der Waals surface area contributed by atoms with Crippen molar-refractivity contribution in [1.29, 1.82) is 0 Å². The largest absolute Gasteiger partial charge is 0.493 e. The molecule has 1 saturated carbocycles. The maximum absolute atomic E-state index is 5.38. The van der Waals surface area contributed by atoms with Crippen molar-refractivity contribution in [3.8, 4) is 11.5 Å². The lowest BCUT2D eigenvalue weighted by molar-refractivity contribution is 0.356. The Balaban J connectivity index is 1.79. The van der Waals surface area contributed by atoms with Gasteiger partial charge in [-0.1, -0.05) is 12.8 Å². The number of benzene rings is 1. The third kappa shape index (κ3) is 3.20. The second kappa shape index (κ2) is 6.20. The number of fused-ring (bicyclic) bond motifs is 1. The van der Waals surface area contributed by atoms with E-state index in [0.717, 1.165) is 40.6 Å². The van der Waals surface area contributed by atoms with Gasteiger partial charge >= 0.3 is 0 Å². The van der Waals surface area contributed by atoms with Gasteiger partial charge in [-0.3, -0.25) is 0 Å². The van der Waals surface area contributed by atoms with Crippen LogP contribution in [0.25, 0.3) is 10.8 Å². The van der Waals surface area contributed by atoms with Gasteiger partial charge in [0.1, 0.15) is 5.82 Å². The molecule has 0 saturated heterocycles. The predicted octanol–water partition coefficient (Wildman–Crippen LogP) is 3.85. The first-order valence-electron chi connectivity index (χ1n) is 7.56. The highest BCUT2D eigenvalue weighted by Crippen LogP contribution is 2.35. The number of rotatable bonds is 7. The Kier molecular flexibility index (Phi) is 4.13. The number of ether oxygens (including phenoxy) is 2. The highest BCUT2D eigenvalue weighted by atomic mass is 16.5. The number of aromatic nitrogens is 1. The summed E-state index contributed by atoms with van der Waals surface area (Å²) in [6.45, 7) is 0.969. The summed E-state index contributed by atoms with van der Waals surface area (Å²) in [5.41, 5.74) is 0. The van der Waals surface area contributed by atoms with Crippen LogP contribution < -0.4 is 14.8 Å². The highest BCUT2D eigenvalue weighted by molar-refractivity contribution is 5.94. The predicted molar refractivity (Wildman–Crippen MR) is 85.3 cm³/mol. The van der Waals surface area contributed by atoms with Crippen LogP contribution in [0, 0.1) is 5.92 Å². The molecule has 0 atom stereocenters. The third-order valence-electron chi connectivity index (χ3n) is 4.05. The molecule has 1 aliphatic carbocycles. The van der Waals surface area contributed by atoms with E-state index >= 15 is 0 Å². The molecular weight excluding hydrogens is 264 g/mol. The van der Waals surface area contributed by atoms with Crippen molar-refractivity contribution in [2.24, 2.45) is 5.92 Å². The summed E-state index contributed by atoms with van der Waals surface area (Å²) < 4.78 is 10.7. The molecule has 2 aromatic rings. The molecule has 1 aliphatic rings. The van der Waals surface area contributed by atoms with Gasteiger partial charge in [0.25, 0.3) is 0 Å². The monoisotopic (exact) mass is 286 g/mol. The smallest absolute Gasteiger partial charge is 0.161 e. The van der Waals surface area contributed by atoms with Gasteiger partial charge in [0, 0.05) is 18.1 Å². The van der Waals surface area contributed by atoms with Gasteiger partial charge < -0.3 is 14.8 Å². The highest BCUT2D eigenvalue weighted by Gasteiger charge is 2.20. The van der Waals surface area contributed by atoms with E-state index in [4.69, 9.17) is 9.47 Å². The number of methoxy groups -OCH3 is 2. The fraction of sp³-hybridized carbons (Fsp3) is 0.471. The number of pyridine rings is 1. The molecule has 4 nitrogen and oxygen atoms in total. The van der Waals surface area contributed by atoms with Gasteiger partial charge in [0.05, 0.1) is 14.2 Å². The minimum atomic E-state index is 0.735. The Hall–Kier alpha value is -1.97. The van der Waals surface area contributed by atoms with E-state index in [1.165, 1.54) is 25.7 Å². The van der Waals surface area contributed by atoms with Crippen LogP contribution in [-0.2, 0) is 0 Å². The molecule has 1 aromatic carbocycles. The van der Waals surface area contributed by atoms with E-state index in [-0.39, 0.29) is 0 Å². The number of hydrogen-bond acceptors (Lipinski definition) is 4. The third-order valence-corrected chi connectivity index (χ3v) is 4.05. The fourth-order valence-electron chi connectivity index (χ4n) is 2.64. The normalized spacial score (nSPS) is 14.2. The van der Waals surface area contributed by atoms with E-state index in [2.05, 4.69) is 10.3 Å². The number of anilines is 1. The summed E-state index contributed by atoms with van der Waals surface area (Å²) >= 11 is 0. The fourth-order valence-corrected chi connectivity index (χ4v) is 2.64. The van der Waals surface area contributed by atoms with Gasteiger partial charge in [-0.2, -0.15) is 0 Å². The molecule has 0 spiro atoms. The van der Waals surface area contributed by atoms with Gasteiger partial charge in [0.2, 0.25) is 0 Å². The molecule has 0 radical (unpaired) electrons. The molecule has 1 aromatic heterocycles. The summed E-state index contributed by atoms with van der Waals surface area (Å²) in [6, 6.07) is 5.97. The summed E-state index contributed by atoms with van der Waals surface area (Å²) in [7, 11) is 3.31. The van der Waals surface area contributed by atoms with Gasteiger partial charge in [0.15, 0.2) is 11.5 Å². The van der Waals surface area contributed by atoms with E-state index in [9.17, 15) is 0 Å². The second-order valence-electron chi connectivity index (χ2n) is 5.60. The van der Waals surface area contributed by atoms with Gasteiger partial charge in [-0.15, -0.1) is 0 Å². The molecule has 1 heterocycles. The average molecular weight is 286 g/mol. The van der Waals surface area contributed by atoms with Crippen LogP contribution in [0.3, 0.4) is 0 Å². The molecule has 0 unspecified atom stereocenters. The second-order valence-corrected chi connectivity index (χ2v) is 5.60. The van der Waals surface area contributed by atoms with Gasteiger partial charge in [-0.05, 0) is 42.3 Å². The van der Waals surface area contributed by atoms with E-state index in [0.29, 0.717) is 0 Å². The molecule has 3 rings (SSSR count). The van der Waals surface area contributed by atoms with E-state index in [1.807, 2.05) is 24.4 Å². The molecule has 0 aliphatic heterocycles. The van der Waals surface area contributed by atoms with Crippen LogP contribution >= 0.6 is 0 Å². The number of nitrogens with zero attached hydrogens (tertiary/aromatic N) is 1. The molecular formula is C17H22N2O2. The molecule has 0 amide bonds. The van der Waals surface area contributed by atoms with E-state index < -0.39 is 0 Å². The van der Waals surface area contributed by atoms with Crippen molar-refractivity contribution in [3.63, 3.8) is 0 Å². The first-order chi connectivity index (χ1) is 10.3. The standard InChI is InChI=1S/C17H22N2O2/c1-20-15-10-13-7-9-19-17(14(13)11-16(15)21-2)18-8-3-4-12-5-6-12/h7,9-12H,3-6,8H2,1-2H3,(H,18,19). The zero-order chi connectivity index (χ0) is 14.7. The lowest BCUT2D eigenvalue weighted by Gasteiger charge is -2.12. The maximum Gasteiger partial charge on any atom is 0.161 e. The SMILES string of the molecule is COc1cc2ccnc(NCCCC3CC3)c2cc1OC. The van der Waals surface area contributed by atoms with Gasteiger partial charge in [-0.25, -0.2) is 4.98 Å². The van der Waals surface area contributed by atoms with Crippen LogP contribution in [-0.4, -0.2) is 25.7 Å². The number of nitrogens with one attached hydrogen (secondary N) is 1. The Labute approximate surface area is 125 Å². The Bertz CT molecular complexity index is 623.